The van der Waals surface area contributed by atoms with Crippen molar-refractivity contribution < 1.29 is 13.2 Å². The van der Waals surface area contributed by atoms with Gasteiger partial charge in [-0.05, 0) is 56.5 Å². The first-order chi connectivity index (χ1) is 13.4. The molecule has 144 valence electrons. The Balaban J connectivity index is 1.55. The van der Waals surface area contributed by atoms with Crippen LogP contribution < -0.4 is 5.32 Å². The van der Waals surface area contributed by atoms with Crippen molar-refractivity contribution in [2.75, 3.05) is 5.32 Å². The average Bonchev–Trinajstić information content (AvgIpc) is 3.11. The van der Waals surface area contributed by atoms with Gasteiger partial charge in [0, 0.05) is 16.0 Å². The van der Waals surface area contributed by atoms with Crippen LogP contribution in [0.2, 0.25) is 0 Å². The fourth-order valence-corrected chi connectivity index (χ4v) is 5.27. The molecule has 1 aliphatic carbocycles. The molecule has 0 spiro atoms. The molecule has 0 fully saturated rings. The Labute approximate surface area is 168 Å². The number of fused-ring (bicyclic) bond motifs is 3. The van der Waals surface area contributed by atoms with Gasteiger partial charge in [-0.2, -0.15) is 0 Å². The number of rotatable bonds is 4. The number of nitrogens with one attached hydrogen (secondary N) is 1. The molecule has 0 bridgehead atoms. The molecular formula is C21H20N2O3S2. The molecule has 1 aliphatic rings. The molecular weight excluding hydrogens is 392 g/mol. The summed E-state index contributed by atoms with van der Waals surface area (Å²) < 4.78 is 24.4. The van der Waals surface area contributed by atoms with Gasteiger partial charge < -0.3 is 0 Å². The summed E-state index contributed by atoms with van der Waals surface area (Å²) >= 11 is 1.49. The first-order valence-electron chi connectivity index (χ1n) is 9.09. The third-order valence-corrected chi connectivity index (χ3v) is 8.08. The number of thiazole rings is 1. The highest BCUT2D eigenvalue weighted by molar-refractivity contribution is 7.92. The molecule has 2 aromatic carbocycles. The zero-order valence-electron chi connectivity index (χ0n) is 15.6. The Kier molecular flexibility index (Phi) is 4.81. The number of anilines is 1. The van der Waals surface area contributed by atoms with Crippen molar-refractivity contribution in [3.05, 3.63) is 64.5 Å². The molecule has 7 heteroatoms. The number of carbonyl (C=O) groups is 1. The molecule has 5 nitrogen and oxygen atoms in total. The van der Waals surface area contributed by atoms with E-state index in [1.54, 1.807) is 13.8 Å². The van der Waals surface area contributed by atoms with E-state index in [0.717, 1.165) is 24.1 Å². The molecule has 0 unspecified atom stereocenters. The highest BCUT2D eigenvalue weighted by Crippen LogP contribution is 2.38. The second kappa shape index (κ2) is 7.14. The Morgan fingerprint density at radius 2 is 1.79 bits per heavy atom. The first kappa shape index (κ1) is 18.8. The molecule has 28 heavy (non-hydrogen) atoms. The summed E-state index contributed by atoms with van der Waals surface area (Å²) in [6, 6.07) is 14.2. The van der Waals surface area contributed by atoms with Crippen LogP contribution in [-0.4, -0.2) is 24.6 Å². The van der Waals surface area contributed by atoms with Crippen LogP contribution in [0.5, 0.6) is 0 Å². The lowest BCUT2D eigenvalue weighted by atomic mass is 9.94. The fourth-order valence-electron chi connectivity index (χ4n) is 3.24. The molecule has 1 N–H and O–H groups in total. The number of aromatic nitrogens is 1. The SMILES string of the molecule is CC(C)S(=O)(=O)c1ccc(C(=O)Nc2nc3c(s2)CCc2ccccc2-3)cc1. The topological polar surface area (TPSA) is 76.1 Å². The summed E-state index contributed by atoms with van der Waals surface area (Å²) in [6.07, 6.45) is 1.90. The first-order valence-corrected chi connectivity index (χ1v) is 11.5. The number of sulfone groups is 1. The summed E-state index contributed by atoms with van der Waals surface area (Å²) in [5.74, 6) is -0.298. The van der Waals surface area contributed by atoms with E-state index in [1.807, 2.05) is 12.1 Å². The van der Waals surface area contributed by atoms with Crippen LogP contribution in [0, 0.1) is 0 Å². The highest BCUT2D eigenvalue weighted by Gasteiger charge is 2.22. The minimum atomic E-state index is -3.35. The second-order valence-electron chi connectivity index (χ2n) is 7.02. The molecule has 1 aromatic heterocycles. The van der Waals surface area contributed by atoms with Gasteiger partial charge in [-0.3, -0.25) is 10.1 Å². The monoisotopic (exact) mass is 412 g/mol. The van der Waals surface area contributed by atoms with Gasteiger partial charge in [-0.1, -0.05) is 24.3 Å². The van der Waals surface area contributed by atoms with E-state index < -0.39 is 15.1 Å². The lowest BCUT2D eigenvalue weighted by molar-refractivity contribution is 0.102. The van der Waals surface area contributed by atoms with Gasteiger partial charge in [0.25, 0.3) is 5.91 Å². The van der Waals surface area contributed by atoms with E-state index in [4.69, 9.17) is 0 Å². The van der Waals surface area contributed by atoms with Crippen molar-refractivity contribution in [3.63, 3.8) is 0 Å². The predicted octanol–water partition coefficient (Wildman–Crippen LogP) is 4.34. The summed E-state index contributed by atoms with van der Waals surface area (Å²) in [5.41, 5.74) is 3.75. The van der Waals surface area contributed by atoms with E-state index in [0.29, 0.717) is 10.7 Å². The van der Waals surface area contributed by atoms with Crippen LogP contribution in [0.4, 0.5) is 5.13 Å². The van der Waals surface area contributed by atoms with Gasteiger partial charge >= 0.3 is 0 Å². The Bertz CT molecular complexity index is 1150. The maximum absolute atomic E-state index is 12.6. The van der Waals surface area contributed by atoms with E-state index in [2.05, 4.69) is 22.4 Å². The third kappa shape index (κ3) is 3.36. The predicted molar refractivity (Wildman–Crippen MR) is 112 cm³/mol. The highest BCUT2D eigenvalue weighted by atomic mass is 32.2. The molecule has 1 amide bonds. The normalized spacial score (nSPS) is 13.1. The summed E-state index contributed by atoms with van der Waals surface area (Å²) in [4.78, 5) is 18.6. The van der Waals surface area contributed by atoms with Crippen molar-refractivity contribution in [1.29, 1.82) is 0 Å². The smallest absolute Gasteiger partial charge is 0.257 e. The Morgan fingerprint density at radius 1 is 1.07 bits per heavy atom. The number of benzene rings is 2. The molecule has 4 rings (SSSR count). The van der Waals surface area contributed by atoms with Crippen molar-refractivity contribution in [2.45, 2.75) is 36.8 Å². The lowest BCUT2D eigenvalue weighted by Gasteiger charge is -2.13. The van der Waals surface area contributed by atoms with Crippen molar-refractivity contribution in [3.8, 4) is 11.3 Å². The molecule has 1 heterocycles. The largest absolute Gasteiger partial charge is 0.298 e. The van der Waals surface area contributed by atoms with Crippen molar-refractivity contribution >= 4 is 32.2 Å². The number of hydrogen-bond acceptors (Lipinski definition) is 5. The summed E-state index contributed by atoms with van der Waals surface area (Å²) in [6.45, 7) is 3.27. The van der Waals surface area contributed by atoms with Crippen molar-refractivity contribution in [1.82, 2.24) is 4.98 Å². The number of amides is 1. The van der Waals surface area contributed by atoms with Gasteiger partial charge in [-0.25, -0.2) is 13.4 Å². The second-order valence-corrected chi connectivity index (χ2v) is 10.6. The molecule has 3 aromatic rings. The van der Waals surface area contributed by atoms with Crippen LogP contribution in [-0.2, 0) is 22.7 Å². The van der Waals surface area contributed by atoms with Crippen LogP contribution in [0.25, 0.3) is 11.3 Å². The zero-order chi connectivity index (χ0) is 19.9. The molecule has 0 atom stereocenters. The Morgan fingerprint density at radius 3 is 2.50 bits per heavy atom. The number of hydrogen-bond donors (Lipinski definition) is 1. The summed E-state index contributed by atoms with van der Waals surface area (Å²) in [7, 11) is -3.35. The van der Waals surface area contributed by atoms with Crippen molar-refractivity contribution in [2.24, 2.45) is 0 Å². The van der Waals surface area contributed by atoms with Gasteiger partial charge in [0.2, 0.25) is 0 Å². The minimum Gasteiger partial charge on any atom is -0.298 e. The molecule has 0 saturated carbocycles. The fraction of sp³-hybridized carbons (Fsp3) is 0.238. The minimum absolute atomic E-state index is 0.223. The maximum atomic E-state index is 12.6. The van der Waals surface area contributed by atoms with Crippen LogP contribution in [0.3, 0.4) is 0 Å². The Hall–Kier alpha value is -2.51. The zero-order valence-corrected chi connectivity index (χ0v) is 17.2. The van der Waals surface area contributed by atoms with Crippen LogP contribution in [0.15, 0.2) is 53.4 Å². The maximum Gasteiger partial charge on any atom is 0.257 e. The quantitative estimate of drug-likeness (QED) is 0.691. The lowest BCUT2D eigenvalue weighted by Crippen LogP contribution is -2.15. The average molecular weight is 413 g/mol. The standard InChI is InChI=1S/C21H20N2O3S2/c1-13(2)28(25,26)16-10-7-15(8-11-16)20(24)23-21-22-19-17-6-4-3-5-14(17)9-12-18(19)27-21/h3-8,10-11,13H,9,12H2,1-2H3,(H,22,23,24). The van der Waals surface area contributed by atoms with Gasteiger partial charge in [-0.15, -0.1) is 11.3 Å². The van der Waals surface area contributed by atoms with E-state index in [9.17, 15) is 13.2 Å². The molecule has 0 radical (unpaired) electrons. The summed E-state index contributed by atoms with van der Waals surface area (Å²) in [5, 5.41) is 2.90. The van der Waals surface area contributed by atoms with E-state index >= 15 is 0 Å². The number of carbonyl (C=O) groups excluding carboxylic acids is 1. The molecule has 0 aliphatic heterocycles. The third-order valence-electron chi connectivity index (χ3n) is 4.88. The van der Waals surface area contributed by atoms with E-state index in [1.165, 1.54) is 46.0 Å². The van der Waals surface area contributed by atoms with Gasteiger partial charge in [0.05, 0.1) is 15.8 Å². The van der Waals surface area contributed by atoms with Crippen LogP contribution in [0.1, 0.15) is 34.6 Å². The number of aryl methyl sites for hydroxylation is 2. The van der Waals surface area contributed by atoms with E-state index in [-0.39, 0.29) is 10.8 Å². The van der Waals surface area contributed by atoms with Gasteiger partial charge in [0.15, 0.2) is 15.0 Å². The number of nitrogens with zero attached hydrogens (tertiary/aromatic N) is 1. The van der Waals surface area contributed by atoms with Crippen LogP contribution >= 0.6 is 11.3 Å². The van der Waals surface area contributed by atoms with Gasteiger partial charge in [0.1, 0.15) is 0 Å². The molecule has 0 saturated heterocycles.